The predicted molar refractivity (Wildman–Crippen MR) is 221 cm³/mol. The molecule has 0 saturated carbocycles. The number of hydrogen-bond donors (Lipinski definition) is 3. The Kier molecular flexibility index (Phi) is 13.0. The van der Waals surface area contributed by atoms with Gasteiger partial charge in [-0.05, 0) is 72.3 Å². The number of thiazole rings is 1. The van der Waals surface area contributed by atoms with Crippen molar-refractivity contribution in [1.82, 2.24) is 10.3 Å². The summed E-state index contributed by atoms with van der Waals surface area (Å²) in [5.41, 5.74) is 3.69. The number of para-hydroxylation sites is 1. The van der Waals surface area contributed by atoms with Crippen LogP contribution < -0.4 is 34.9 Å². The first-order chi connectivity index (χ1) is 27.3. The average molecular weight is 787 g/mol. The first-order valence-corrected chi connectivity index (χ1v) is 19.0. The molecular formula is C43H38N4O7S2. The molecular weight excluding hydrogens is 749 g/mol. The molecule has 1 unspecified atom stereocenters. The van der Waals surface area contributed by atoms with E-state index in [9.17, 15) is 14.4 Å². The highest BCUT2D eigenvalue weighted by Crippen LogP contribution is 2.38. The smallest absolute Gasteiger partial charge is 0.272 e. The van der Waals surface area contributed by atoms with Gasteiger partial charge >= 0.3 is 0 Å². The number of methoxy groups -OCH3 is 4. The lowest BCUT2D eigenvalue weighted by Gasteiger charge is -2.17. The fraction of sp³-hybridized carbons (Fsp3) is 0.116. The van der Waals surface area contributed by atoms with Gasteiger partial charge in [0.15, 0.2) is 28.1 Å². The topological polar surface area (TPSA) is 137 Å². The minimum Gasteiger partial charge on any atom is -0.493 e. The number of ether oxygens (including phenoxy) is 4. The lowest BCUT2D eigenvalue weighted by Crippen LogP contribution is -2.30. The number of nitrogens with one attached hydrogen (secondary N) is 3. The van der Waals surface area contributed by atoms with E-state index in [1.165, 1.54) is 43.4 Å². The average Bonchev–Trinajstić information content (AvgIpc) is 3.71. The van der Waals surface area contributed by atoms with Gasteiger partial charge in [0.05, 0.1) is 34.1 Å². The number of anilines is 2. The van der Waals surface area contributed by atoms with Crippen molar-refractivity contribution in [1.29, 1.82) is 0 Å². The quantitative estimate of drug-likeness (QED) is 0.0690. The zero-order valence-corrected chi connectivity index (χ0v) is 32.5. The maximum atomic E-state index is 13.8. The third kappa shape index (κ3) is 9.56. The summed E-state index contributed by atoms with van der Waals surface area (Å²) < 4.78 is 21.8. The number of hydrogen-bond acceptors (Lipinski definition) is 10. The molecule has 1 heterocycles. The number of carbonyl (C=O) groups is 3. The summed E-state index contributed by atoms with van der Waals surface area (Å²) in [6.07, 6.45) is 1.53. The molecule has 0 aliphatic carbocycles. The van der Waals surface area contributed by atoms with Crippen LogP contribution in [0.15, 0.2) is 137 Å². The molecule has 0 saturated heterocycles. The minimum absolute atomic E-state index is 0.0128. The molecule has 3 N–H and O–H groups in total. The Labute approximate surface area is 332 Å². The van der Waals surface area contributed by atoms with Crippen molar-refractivity contribution in [3.63, 3.8) is 0 Å². The molecule has 0 radical (unpaired) electrons. The Morgan fingerprint density at radius 1 is 0.714 bits per heavy atom. The molecule has 5 aromatic carbocycles. The Morgan fingerprint density at radius 2 is 1.41 bits per heavy atom. The van der Waals surface area contributed by atoms with Crippen molar-refractivity contribution in [2.45, 2.75) is 10.1 Å². The van der Waals surface area contributed by atoms with Crippen molar-refractivity contribution in [2.24, 2.45) is 0 Å². The highest BCUT2D eigenvalue weighted by molar-refractivity contribution is 8.00. The number of thioether (sulfide) groups is 1. The number of nitrogens with zero attached hydrogens (tertiary/aromatic N) is 1. The second-order valence-corrected chi connectivity index (χ2v) is 14.0. The highest BCUT2D eigenvalue weighted by Gasteiger charge is 2.24. The van der Waals surface area contributed by atoms with Crippen molar-refractivity contribution >= 4 is 57.7 Å². The molecule has 0 aliphatic rings. The molecule has 0 spiro atoms. The summed E-state index contributed by atoms with van der Waals surface area (Å²) in [6.45, 7) is 0. The van der Waals surface area contributed by atoms with Crippen LogP contribution in [0.4, 0.5) is 10.8 Å². The number of aromatic nitrogens is 1. The van der Waals surface area contributed by atoms with Crippen LogP contribution in [0.25, 0.3) is 17.3 Å². The summed E-state index contributed by atoms with van der Waals surface area (Å²) in [6, 6.07) is 35.9. The van der Waals surface area contributed by atoms with E-state index >= 15 is 0 Å². The number of carbonyl (C=O) groups excluding carboxylic acids is 3. The van der Waals surface area contributed by atoms with E-state index in [1.807, 2.05) is 66.0 Å². The number of rotatable bonds is 15. The molecule has 0 aliphatic heterocycles. The van der Waals surface area contributed by atoms with E-state index in [0.29, 0.717) is 50.6 Å². The zero-order valence-electron chi connectivity index (χ0n) is 30.9. The van der Waals surface area contributed by atoms with Crippen molar-refractivity contribution in [3.8, 4) is 34.3 Å². The van der Waals surface area contributed by atoms with E-state index in [1.54, 1.807) is 74.9 Å². The monoisotopic (exact) mass is 786 g/mol. The Hall–Kier alpha value is -6.57. The third-order valence-corrected chi connectivity index (χ3v) is 10.4. The summed E-state index contributed by atoms with van der Waals surface area (Å²) in [7, 11) is 6.17. The molecule has 1 atom stereocenters. The van der Waals surface area contributed by atoms with Gasteiger partial charge in [-0.2, -0.15) is 0 Å². The Bertz CT molecular complexity index is 2330. The van der Waals surface area contributed by atoms with E-state index in [2.05, 4.69) is 20.9 Å². The predicted octanol–water partition coefficient (Wildman–Crippen LogP) is 8.73. The molecule has 284 valence electrons. The molecule has 1 aromatic heterocycles. The zero-order chi connectivity index (χ0) is 39.4. The molecule has 13 heteroatoms. The lowest BCUT2D eigenvalue weighted by atomic mass is 10.1. The van der Waals surface area contributed by atoms with Gasteiger partial charge in [0.2, 0.25) is 5.91 Å². The standard InChI is InChI=1S/C43H38N4O7S2/c1-51-35-23-18-29(25-37(35)53-3)34-26-55-43(46-34)47-42(50)39(27-12-7-5-8-13-27)56-32-21-19-31(20-22-32)44-41(49)33(45-40(48)28-14-9-6-10-15-28)24-30-16-11-17-36(52-2)38(30)54-4/h5-26,39H,1-4H3,(H,44,49)(H,45,48)(H,46,47,50)/b33-24-. The van der Waals surface area contributed by atoms with E-state index in [-0.39, 0.29) is 11.6 Å². The van der Waals surface area contributed by atoms with E-state index in [0.717, 1.165) is 16.0 Å². The maximum absolute atomic E-state index is 13.8. The van der Waals surface area contributed by atoms with Crippen LogP contribution in [0.2, 0.25) is 0 Å². The number of benzene rings is 5. The van der Waals surface area contributed by atoms with Gasteiger partial charge in [-0.3, -0.25) is 14.4 Å². The van der Waals surface area contributed by atoms with Crippen LogP contribution in [-0.4, -0.2) is 51.1 Å². The van der Waals surface area contributed by atoms with Crippen molar-refractivity contribution in [2.75, 3.05) is 39.1 Å². The van der Waals surface area contributed by atoms with Crippen LogP contribution in [0.3, 0.4) is 0 Å². The maximum Gasteiger partial charge on any atom is 0.272 e. The second-order valence-electron chi connectivity index (χ2n) is 11.9. The third-order valence-electron chi connectivity index (χ3n) is 8.38. The molecule has 0 fully saturated rings. The van der Waals surface area contributed by atoms with Crippen LogP contribution in [0, 0.1) is 0 Å². The van der Waals surface area contributed by atoms with E-state index in [4.69, 9.17) is 18.9 Å². The van der Waals surface area contributed by atoms with Gasteiger partial charge in [-0.25, -0.2) is 4.98 Å². The lowest BCUT2D eigenvalue weighted by molar-refractivity contribution is -0.116. The highest BCUT2D eigenvalue weighted by atomic mass is 32.2. The molecule has 3 amide bonds. The van der Waals surface area contributed by atoms with Gasteiger partial charge in [-0.1, -0.05) is 60.7 Å². The number of amides is 3. The van der Waals surface area contributed by atoms with Crippen LogP contribution >= 0.6 is 23.1 Å². The van der Waals surface area contributed by atoms with Gasteiger partial charge in [-0.15, -0.1) is 23.1 Å². The second kappa shape index (κ2) is 18.7. The molecule has 0 bridgehead atoms. The van der Waals surface area contributed by atoms with Gasteiger partial charge in [0.25, 0.3) is 11.8 Å². The molecule has 6 rings (SSSR count). The van der Waals surface area contributed by atoms with Gasteiger partial charge in [0.1, 0.15) is 10.9 Å². The first kappa shape index (κ1) is 39.1. The molecule has 56 heavy (non-hydrogen) atoms. The summed E-state index contributed by atoms with van der Waals surface area (Å²) in [5, 5.41) is 10.3. The van der Waals surface area contributed by atoms with Crippen LogP contribution in [0.5, 0.6) is 23.0 Å². The Balaban J connectivity index is 1.19. The summed E-state index contributed by atoms with van der Waals surface area (Å²) >= 11 is 2.68. The van der Waals surface area contributed by atoms with Crippen molar-refractivity contribution in [3.05, 3.63) is 149 Å². The molecule has 6 aromatic rings. The van der Waals surface area contributed by atoms with Gasteiger partial charge < -0.3 is 34.9 Å². The van der Waals surface area contributed by atoms with Gasteiger partial charge in [0, 0.05) is 32.7 Å². The molecule has 11 nitrogen and oxygen atoms in total. The SMILES string of the molecule is COc1ccc(-c2csc(NC(=O)C(Sc3ccc(NC(=O)/C(=C/c4cccc(OC)c4OC)NC(=O)c4ccccc4)cc3)c3ccccc3)n2)cc1OC. The van der Waals surface area contributed by atoms with Crippen LogP contribution in [0.1, 0.15) is 26.7 Å². The van der Waals surface area contributed by atoms with E-state index < -0.39 is 17.1 Å². The normalized spacial score (nSPS) is 11.5. The Morgan fingerprint density at radius 3 is 2.09 bits per heavy atom. The van der Waals surface area contributed by atoms with Crippen LogP contribution in [-0.2, 0) is 9.59 Å². The summed E-state index contributed by atoms with van der Waals surface area (Å²) in [4.78, 5) is 46.2. The largest absolute Gasteiger partial charge is 0.493 e. The fourth-order valence-corrected chi connectivity index (χ4v) is 7.35. The fourth-order valence-electron chi connectivity index (χ4n) is 5.61. The minimum atomic E-state index is -0.620. The first-order valence-electron chi connectivity index (χ1n) is 17.2. The summed E-state index contributed by atoms with van der Waals surface area (Å²) in [5.74, 6) is 0.798. The van der Waals surface area contributed by atoms with Crippen molar-refractivity contribution < 1.29 is 33.3 Å².